The van der Waals surface area contributed by atoms with Crippen molar-refractivity contribution in [3.05, 3.63) is 294 Å². The second kappa shape index (κ2) is 16.5. The molecule has 1 heterocycles. The summed E-state index contributed by atoms with van der Waals surface area (Å²) in [4.78, 5) is 2.37. The smallest absolute Gasteiger partial charge is 0.131 e. The molecule has 1 aliphatic carbocycles. The number of benzene rings is 11. The van der Waals surface area contributed by atoms with E-state index in [4.69, 9.17) is 4.74 Å². The molecule has 11 aromatic rings. The van der Waals surface area contributed by atoms with Crippen molar-refractivity contribution in [3.8, 4) is 56.0 Å². The molecule has 1 aliphatic heterocycles. The summed E-state index contributed by atoms with van der Waals surface area (Å²) in [6.45, 7) is 4.58. The summed E-state index contributed by atoms with van der Waals surface area (Å²) in [5, 5.41) is 2.49. The van der Waals surface area contributed by atoms with Crippen LogP contribution in [0.1, 0.15) is 47.2 Å². The van der Waals surface area contributed by atoms with Crippen LogP contribution in [0.15, 0.2) is 261 Å². The highest BCUT2D eigenvalue weighted by Crippen LogP contribution is 2.57. The van der Waals surface area contributed by atoms with Crippen molar-refractivity contribution < 1.29 is 4.74 Å². The summed E-state index contributed by atoms with van der Waals surface area (Å²) in [5.74, 6) is 1.85. The largest absolute Gasteiger partial charge is 0.457 e. The molecule has 2 aliphatic rings. The second-order valence-corrected chi connectivity index (χ2v) is 19.2. The fraction of sp³-hybridized carbons (Fsp3) is 0.0588. The maximum absolute atomic E-state index is 6.42. The second-order valence-electron chi connectivity index (χ2n) is 19.2. The normalized spacial score (nSPS) is 13.6. The van der Waals surface area contributed by atoms with Gasteiger partial charge in [-0.3, -0.25) is 0 Å². The Balaban J connectivity index is 0.893. The van der Waals surface area contributed by atoms with Crippen molar-refractivity contribution >= 4 is 27.8 Å². The summed E-state index contributed by atoms with van der Waals surface area (Å²) < 4.78 is 6.42. The van der Waals surface area contributed by atoms with Gasteiger partial charge in [-0.05, 0) is 138 Å². The molecule has 332 valence electrons. The average molecular weight is 896 g/mol. The van der Waals surface area contributed by atoms with E-state index in [0.717, 1.165) is 39.7 Å². The first-order valence-corrected chi connectivity index (χ1v) is 24.3. The minimum absolute atomic E-state index is 0.195. The number of rotatable bonds is 8. The van der Waals surface area contributed by atoms with Gasteiger partial charge in [0.25, 0.3) is 0 Å². The number of para-hydroxylation sites is 1. The fourth-order valence-electron chi connectivity index (χ4n) is 11.6. The summed E-state index contributed by atoms with van der Waals surface area (Å²) in [6, 6.07) is 95.5. The third-order valence-corrected chi connectivity index (χ3v) is 15.0. The molecule has 0 atom stereocenters. The lowest BCUT2D eigenvalue weighted by Gasteiger charge is -2.34. The number of anilines is 3. The Labute approximate surface area is 410 Å². The van der Waals surface area contributed by atoms with Gasteiger partial charge in [0, 0.05) is 33.6 Å². The first-order valence-electron chi connectivity index (χ1n) is 24.3. The Hall–Kier alpha value is -8.72. The molecule has 0 radical (unpaired) electrons. The molecule has 0 spiro atoms. The van der Waals surface area contributed by atoms with Crippen molar-refractivity contribution in [1.29, 1.82) is 0 Å². The van der Waals surface area contributed by atoms with Gasteiger partial charge in [0.2, 0.25) is 0 Å². The first-order chi connectivity index (χ1) is 34.4. The molecule has 0 saturated carbocycles. The van der Waals surface area contributed by atoms with E-state index in [1.54, 1.807) is 0 Å². The Morgan fingerprint density at radius 3 is 1.43 bits per heavy atom. The Bertz CT molecular complexity index is 3700. The highest BCUT2D eigenvalue weighted by atomic mass is 16.5. The van der Waals surface area contributed by atoms with E-state index < -0.39 is 5.41 Å². The minimum Gasteiger partial charge on any atom is -0.457 e. The topological polar surface area (TPSA) is 12.5 Å². The van der Waals surface area contributed by atoms with E-state index >= 15 is 0 Å². The van der Waals surface area contributed by atoms with Crippen molar-refractivity contribution in [3.63, 3.8) is 0 Å². The van der Waals surface area contributed by atoms with Crippen LogP contribution >= 0.6 is 0 Å². The summed E-state index contributed by atoms with van der Waals surface area (Å²) in [7, 11) is 0. The highest BCUT2D eigenvalue weighted by molar-refractivity contribution is 5.97. The molecule has 13 rings (SSSR count). The maximum Gasteiger partial charge on any atom is 0.131 e. The SMILES string of the molecule is CC1(C)c2ccccc2Oc2ccc(-c3ccc(N(c4ccc(-c5ccc6c(c5)C(c5ccccc5)(c5ccccc5)c5ccccc5-6)cc4)c4ccc(-c5cccc6ccccc56)cc4)cc3)cc21. The highest BCUT2D eigenvalue weighted by Gasteiger charge is 2.46. The number of nitrogens with zero attached hydrogens (tertiary/aromatic N) is 1. The first kappa shape index (κ1) is 41.5. The zero-order valence-corrected chi connectivity index (χ0v) is 39.2. The lowest BCUT2D eigenvalue weighted by Crippen LogP contribution is -2.28. The lowest BCUT2D eigenvalue weighted by atomic mass is 9.67. The van der Waals surface area contributed by atoms with Crippen molar-refractivity contribution in [1.82, 2.24) is 0 Å². The van der Waals surface area contributed by atoms with E-state index in [1.165, 1.54) is 77.5 Å². The van der Waals surface area contributed by atoms with E-state index in [0.29, 0.717) is 0 Å². The molecule has 0 N–H and O–H groups in total. The fourth-order valence-corrected chi connectivity index (χ4v) is 11.6. The Kier molecular flexibility index (Phi) is 9.78. The molecule has 2 nitrogen and oxygen atoms in total. The van der Waals surface area contributed by atoms with Crippen LogP contribution in [-0.4, -0.2) is 0 Å². The van der Waals surface area contributed by atoms with Gasteiger partial charge in [0.1, 0.15) is 11.5 Å². The standard InChI is InChI=1S/C68H49NO/c1-67(2)62-26-13-14-27-65(62)70-66-43-35-51(45-64(66)67)47-30-38-55(39-31-47)69(56-40-32-49(33-41-56)58-24-15-17-48-16-9-10-22-57(48)58)54-36-28-46(29-37-54)50-34-42-60-59-23-11-12-25-61(59)68(63(60)44-50,52-18-5-3-6-19-52)53-20-7-4-8-21-53/h3-45H,1-2H3. The average Bonchev–Trinajstić information content (AvgIpc) is 3.72. The molecule has 0 unspecified atom stereocenters. The van der Waals surface area contributed by atoms with Crippen LogP contribution < -0.4 is 9.64 Å². The quantitative estimate of drug-likeness (QED) is 0.151. The van der Waals surface area contributed by atoms with Crippen LogP contribution in [0.2, 0.25) is 0 Å². The molecule has 0 fully saturated rings. The Morgan fingerprint density at radius 1 is 0.314 bits per heavy atom. The molecular weight excluding hydrogens is 847 g/mol. The molecule has 2 heteroatoms. The van der Waals surface area contributed by atoms with E-state index in [2.05, 4.69) is 274 Å². The molecule has 0 saturated heterocycles. The van der Waals surface area contributed by atoms with Crippen LogP contribution in [0.3, 0.4) is 0 Å². The maximum atomic E-state index is 6.42. The predicted molar refractivity (Wildman–Crippen MR) is 291 cm³/mol. The van der Waals surface area contributed by atoms with E-state index in [1.807, 2.05) is 6.07 Å². The van der Waals surface area contributed by atoms with Gasteiger partial charge in [0.15, 0.2) is 0 Å². The molecule has 0 amide bonds. The number of hydrogen-bond acceptors (Lipinski definition) is 2. The van der Waals surface area contributed by atoms with Gasteiger partial charge in [-0.15, -0.1) is 0 Å². The van der Waals surface area contributed by atoms with Crippen LogP contribution in [0.4, 0.5) is 17.1 Å². The van der Waals surface area contributed by atoms with Crippen molar-refractivity contribution in [2.75, 3.05) is 4.90 Å². The van der Waals surface area contributed by atoms with Gasteiger partial charge in [0.05, 0.1) is 5.41 Å². The van der Waals surface area contributed by atoms with Crippen LogP contribution in [0, 0.1) is 0 Å². The number of hydrogen-bond donors (Lipinski definition) is 0. The zero-order valence-electron chi connectivity index (χ0n) is 39.2. The Morgan fingerprint density at radius 2 is 0.771 bits per heavy atom. The summed E-state index contributed by atoms with van der Waals surface area (Å²) >= 11 is 0. The third kappa shape index (κ3) is 6.63. The van der Waals surface area contributed by atoms with Gasteiger partial charge >= 0.3 is 0 Å². The van der Waals surface area contributed by atoms with Gasteiger partial charge < -0.3 is 9.64 Å². The summed E-state index contributed by atoms with van der Waals surface area (Å²) in [5.41, 5.74) is 19.8. The minimum atomic E-state index is -0.458. The van der Waals surface area contributed by atoms with Crippen LogP contribution in [-0.2, 0) is 10.8 Å². The van der Waals surface area contributed by atoms with E-state index in [-0.39, 0.29) is 5.41 Å². The van der Waals surface area contributed by atoms with Crippen LogP contribution in [0.5, 0.6) is 11.5 Å². The molecule has 0 bridgehead atoms. The number of ether oxygens (including phenoxy) is 1. The summed E-state index contributed by atoms with van der Waals surface area (Å²) in [6.07, 6.45) is 0. The zero-order chi connectivity index (χ0) is 46.8. The van der Waals surface area contributed by atoms with Crippen molar-refractivity contribution in [2.24, 2.45) is 0 Å². The number of fused-ring (bicyclic) bond motifs is 6. The molecule has 11 aromatic carbocycles. The van der Waals surface area contributed by atoms with Gasteiger partial charge in [-0.2, -0.15) is 0 Å². The van der Waals surface area contributed by atoms with Crippen molar-refractivity contribution in [2.45, 2.75) is 24.7 Å². The van der Waals surface area contributed by atoms with E-state index in [9.17, 15) is 0 Å². The monoisotopic (exact) mass is 895 g/mol. The molecular formula is C68H49NO. The predicted octanol–water partition coefficient (Wildman–Crippen LogP) is 18.1. The lowest BCUT2D eigenvalue weighted by molar-refractivity contribution is 0.418. The molecule has 0 aromatic heterocycles. The molecule has 70 heavy (non-hydrogen) atoms. The third-order valence-electron chi connectivity index (χ3n) is 15.0. The van der Waals surface area contributed by atoms with Crippen LogP contribution in [0.25, 0.3) is 55.3 Å². The van der Waals surface area contributed by atoms with Gasteiger partial charge in [-0.25, -0.2) is 0 Å². The van der Waals surface area contributed by atoms with Gasteiger partial charge in [-0.1, -0.05) is 214 Å².